The average molecular weight is 241 g/mol. The van der Waals surface area contributed by atoms with Gasteiger partial charge in [0, 0.05) is 11.9 Å². The highest BCUT2D eigenvalue weighted by molar-refractivity contribution is 7.14. The third-order valence-electron chi connectivity index (χ3n) is 2.53. The van der Waals surface area contributed by atoms with Gasteiger partial charge in [0.05, 0.1) is 12.0 Å². The lowest BCUT2D eigenvalue weighted by Gasteiger charge is -2.11. The van der Waals surface area contributed by atoms with E-state index in [0.717, 1.165) is 24.1 Å². The van der Waals surface area contributed by atoms with E-state index in [-0.39, 0.29) is 5.91 Å². The van der Waals surface area contributed by atoms with E-state index >= 15 is 0 Å². The largest absolute Gasteiger partial charge is 0.287 e. The molecule has 16 heavy (non-hydrogen) atoms. The number of carbonyl (C=O) groups is 1. The van der Waals surface area contributed by atoms with Crippen molar-refractivity contribution < 1.29 is 9.63 Å². The second-order valence-corrected chi connectivity index (χ2v) is 4.78. The van der Waals surface area contributed by atoms with E-state index in [4.69, 9.17) is 4.84 Å². The van der Waals surface area contributed by atoms with Crippen molar-refractivity contribution in [2.24, 2.45) is 0 Å². The molecule has 0 saturated heterocycles. The van der Waals surface area contributed by atoms with Gasteiger partial charge in [-0.1, -0.05) is 20.3 Å². The molecule has 0 bridgehead atoms. The molecule has 1 rings (SSSR count). The van der Waals surface area contributed by atoms with E-state index in [9.17, 15) is 4.79 Å². The van der Waals surface area contributed by atoms with Crippen molar-refractivity contribution in [1.82, 2.24) is 5.06 Å². The molecule has 3 nitrogen and oxygen atoms in total. The Bertz CT molecular complexity index is 360. The van der Waals surface area contributed by atoms with Gasteiger partial charge < -0.3 is 0 Å². The third kappa shape index (κ3) is 2.83. The molecular formula is C12H19NO2S. The first kappa shape index (κ1) is 13.2. The number of hydroxylamine groups is 2. The number of amides is 1. The summed E-state index contributed by atoms with van der Waals surface area (Å²) in [6, 6.07) is 1.99. The summed E-state index contributed by atoms with van der Waals surface area (Å²) in [7, 11) is 3.13. The maximum absolute atomic E-state index is 11.9. The number of thiophene rings is 1. The molecule has 0 aliphatic carbocycles. The van der Waals surface area contributed by atoms with Crippen LogP contribution in [0, 0.1) is 0 Å². The molecule has 90 valence electrons. The van der Waals surface area contributed by atoms with Crippen LogP contribution in [0.1, 0.15) is 40.4 Å². The second-order valence-electron chi connectivity index (χ2n) is 3.65. The van der Waals surface area contributed by atoms with Gasteiger partial charge in [0.2, 0.25) is 0 Å². The van der Waals surface area contributed by atoms with Crippen molar-refractivity contribution in [2.75, 3.05) is 14.2 Å². The van der Waals surface area contributed by atoms with Crippen molar-refractivity contribution in [3.63, 3.8) is 0 Å². The van der Waals surface area contributed by atoms with Crippen LogP contribution in [0.4, 0.5) is 0 Å². The van der Waals surface area contributed by atoms with Gasteiger partial charge in [0.1, 0.15) is 0 Å². The fraction of sp³-hybridized carbons (Fsp3) is 0.583. The summed E-state index contributed by atoms with van der Waals surface area (Å²) < 4.78 is 0. The topological polar surface area (TPSA) is 29.5 Å². The number of hydrogen-bond donors (Lipinski definition) is 0. The summed E-state index contributed by atoms with van der Waals surface area (Å²) in [5.41, 5.74) is 1.29. The van der Waals surface area contributed by atoms with Crippen LogP contribution in [-0.2, 0) is 17.7 Å². The number of aryl methyl sites for hydroxylation is 2. The molecule has 0 N–H and O–H groups in total. The summed E-state index contributed by atoms with van der Waals surface area (Å²) in [4.78, 5) is 18.9. The molecule has 1 aromatic heterocycles. The Balaban J connectivity index is 2.93. The summed E-state index contributed by atoms with van der Waals surface area (Å²) in [5, 5.41) is 1.26. The minimum absolute atomic E-state index is 0.0652. The van der Waals surface area contributed by atoms with E-state index in [0.29, 0.717) is 0 Å². The van der Waals surface area contributed by atoms with Crippen LogP contribution in [0.25, 0.3) is 0 Å². The average Bonchev–Trinajstić information content (AvgIpc) is 2.70. The highest BCUT2D eigenvalue weighted by Gasteiger charge is 2.16. The summed E-state index contributed by atoms with van der Waals surface area (Å²) in [5.74, 6) is -0.0652. The lowest BCUT2D eigenvalue weighted by molar-refractivity contribution is -0.0753. The molecule has 0 aliphatic rings. The van der Waals surface area contributed by atoms with Crippen LogP contribution >= 0.6 is 11.3 Å². The zero-order valence-corrected chi connectivity index (χ0v) is 11.2. The van der Waals surface area contributed by atoms with Crippen LogP contribution in [0.5, 0.6) is 0 Å². The quantitative estimate of drug-likeness (QED) is 0.742. The Morgan fingerprint density at radius 2 is 2.19 bits per heavy atom. The molecule has 0 spiro atoms. The van der Waals surface area contributed by atoms with E-state index in [1.165, 1.54) is 22.6 Å². The van der Waals surface area contributed by atoms with Gasteiger partial charge in [-0.25, -0.2) is 5.06 Å². The highest BCUT2D eigenvalue weighted by atomic mass is 32.1. The van der Waals surface area contributed by atoms with Crippen LogP contribution in [-0.4, -0.2) is 25.1 Å². The Morgan fingerprint density at radius 1 is 1.50 bits per heavy atom. The second kappa shape index (κ2) is 6.01. The summed E-state index contributed by atoms with van der Waals surface area (Å²) in [6.45, 7) is 4.28. The van der Waals surface area contributed by atoms with Crippen molar-refractivity contribution in [1.29, 1.82) is 0 Å². The predicted molar refractivity (Wildman–Crippen MR) is 66.8 cm³/mol. The van der Waals surface area contributed by atoms with Crippen LogP contribution in [0.2, 0.25) is 0 Å². The first-order valence-electron chi connectivity index (χ1n) is 5.57. The predicted octanol–water partition coefficient (Wildman–Crippen LogP) is 2.90. The Kier molecular flexibility index (Phi) is 4.96. The molecule has 0 unspecified atom stereocenters. The molecule has 1 heterocycles. The molecule has 0 aliphatic heterocycles. The van der Waals surface area contributed by atoms with E-state index in [1.54, 1.807) is 18.4 Å². The van der Waals surface area contributed by atoms with Gasteiger partial charge in [-0.05, 0) is 24.5 Å². The summed E-state index contributed by atoms with van der Waals surface area (Å²) in [6.07, 6.45) is 3.15. The molecule has 0 aromatic carbocycles. The first-order valence-corrected chi connectivity index (χ1v) is 6.39. The molecule has 4 heteroatoms. The standard InChI is InChI=1S/C12H19NO2S/c1-5-7-10-9(6-2)8-11(16-10)12(14)13(3)15-4/h8H,5-7H2,1-4H3. The zero-order valence-electron chi connectivity index (χ0n) is 10.4. The number of nitrogens with zero attached hydrogens (tertiary/aromatic N) is 1. The minimum atomic E-state index is -0.0652. The summed E-state index contributed by atoms with van der Waals surface area (Å²) >= 11 is 1.59. The SMILES string of the molecule is CCCc1sc(C(=O)N(C)OC)cc1CC. The third-order valence-corrected chi connectivity index (χ3v) is 3.75. The lowest BCUT2D eigenvalue weighted by Crippen LogP contribution is -2.24. The molecule has 0 atom stereocenters. The fourth-order valence-electron chi connectivity index (χ4n) is 1.55. The first-order chi connectivity index (χ1) is 7.63. The Morgan fingerprint density at radius 3 is 2.69 bits per heavy atom. The highest BCUT2D eigenvalue weighted by Crippen LogP contribution is 2.25. The molecule has 0 radical (unpaired) electrons. The maximum Gasteiger partial charge on any atom is 0.287 e. The van der Waals surface area contributed by atoms with Crippen molar-refractivity contribution in [3.05, 3.63) is 21.4 Å². The molecular weight excluding hydrogens is 222 g/mol. The molecule has 0 fully saturated rings. The fourth-order valence-corrected chi connectivity index (χ4v) is 2.87. The molecule has 0 saturated carbocycles. The van der Waals surface area contributed by atoms with Crippen LogP contribution in [0.3, 0.4) is 0 Å². The van der Waals surface area contributed by atoms with Crippen LogP contribution < -0.4 is 0 Å². The normalized spacial score (nSPS) is 10.5. The van der Waals surface area contributed by atoms with Crippen LogP contribution in [0.15, 0.2) is 6.07 Å². The van der Waals surface area contributed by atoms with Gasteiger partial charge >= 0.3 is 0 Å². The van der Waals surface area contributed by atoms with E-state index < -0.39 is 0 Å². The number of rotatable bonds is 5. The lowest BCUT2D eigenvalue weighted by atomic mass is 10.1. The van der Waals surface area contributed by atoms with Gasteiger partial charge in [0.25, 0.3) is 5.91 Å². The van der Waals surface area contributed by atoms with Crippen molar-refractivity contribution in [3.8, 4) is 0 Å². The molecule has 1 amide bonds. The van der Waals surface area contributed by atoms with Gasteiger partial charge in [-0.15, -0.1) is 11.3 Å². The zero-order chi connectivity index (χ0) is 12.1. The van der Waals surface area contributed by atoms with Crippen molar-refractivity contribution >= 4 is 17.2 Å². The number of carbonyl (C=O) groups excluding carboxylic acids is 1. The minimum Gasteiger partial charge on any atom is -0.274 e. The number of hydrogen-bond acceptors (Lipinski definition) is 3. The van der Waals surface area contributed by atoms with Crippen molar-refractivity contribution in [2.45, 2.75) is 33.1 Å². The monoisotopic (exact) mass is 241 g/mol. The van der Waals surface area contributed by atoms with E-state index in [2.05, 4.69) is 13.8 Å². The smallest absolute Gasteiger partial charge is 0.274 e. The van der Waals surface area contributed by atoms with E-state index in [1.807, 2.05) is 6.07 Å². The van der Waals surface area contributed by atoms with Gasteiger partial charge in [-0.3, -0.25) is 9.63 Å². The Labute approximate surface area is 101 Å². The van der Waals surface area contributed by atoms with Gasteiger partial charge in [-0.2, -0.15) is 0 Å². The molecule has 1 aromatic rings. The van der Waals surface area contributed by atoms with Gasteiger partial charge in [0.15, 0.2) is 0 Å². The Hall–Kier alpha value is -0.870. The maximum atomic E-state index is 11.9.